The Balaban J connectivity index is 3.19. The van der Waals surface area contributed by atoms with Gasteiger partial charge in [0.15, 0.2) is 4.84 Å². The molecule has 0 heterocycles. The van der Waals surface area contributed by atoms with Gasteiger partial charge in [-0.3, -0.25) is 9.59 Å². The summed E-state index contributed by atoms with van der Waals surface area (Å²) in [5, 5.41) is 8.97. The predicted molar refractivity (Wildman–Crippen MR) is 79.2 cm³/mol. The van der Waals surface area contributed by atoms with Gasteiger partial charge in [-0.05, 0) is 37.5 Å². The molecule has 0 aromatic heterocycles. The molecule has 1 unspecified atom stereocenters. The lowest BCUT2D eigenvalue weighted by molar-refractivity contribution is -0.145. The van der Waals surface area contributed by atoms with E-state index in [1.165, 1.54) is 4.90 Å². The molecule has 1 amide bonds. The number of hydrogen-bond acceptors (Lipinski definition) is 2. The summed E-state index contributed by atoms with van der Waals surface area (Å²) in [6, 6.07) is 5.33. The number of amides is 1. The van der Waals surface area contributed by atoms with Crippen LogP contribution in [0.4, 0.5) is 0 Å². The molecule has 0 spiro atoms. The van der Waals surface area contributed by atoms with Gasteiger partial charge >= 0.3 is 5.97 Å². The summed E-state index contributed by atoms with van der Waals surface area (Å²) in [6.07, 6.45) is 0. The summed E-state index contributed by atoms with van der Waals surface area (Å²) < 4.78 is 0. The van der Waals surface area contributed by atoms with Crippen LogP contribution in [0.2, 0.25) is 0 Å². The molecule has 4 nitrogen and oxygen atoms in total. The fourth-order valence-electron chi connectivity index (χ4n) is 2.32. The smallest absolute Gasteiger partial charge is 0.323 e. The van der Waals surface area contributed by atoms with Gasteiger partial charge in [0.25, 0.3) is 5.91 Å². The summed E-state index contributed by atoms with van der Waals surface area (Å²) in [4.78, 5) is 22.9. The third-order valence-corrected chi connectivity index (χ3v) is 3.58. The van der Waals surface area contributed by atoms with Crippen molar-refractivity contribution in [1.82, 2.24) is 4.90 Å². The van der Waals surface area contributed by atoms with Crippen molar-refractivity contribution in [2.24, 2.45) is 0 Å². The second-order valence-corrected chi connectivity index (χ2v) is 5.74. The van der Waals surface area contributed by atoms with Crippen LogP contribution in [0.25, 0.3) is 0 Å². The van der Waals surface area contributed by atoms with Gasteiger partial charge in [-0.2, -0.15) is 0 Å². The molecule has 0 radical (unpaired) electrons. The van der Waals surface area contributed by atoms with Crippen LogP contribution in [0, 0.1) is 13.8 Å². The van der Waals surface area contributed by atoms with Crippen LogP contribution < -0.4 is 0 Å². The Morgan fingerprint density at radius 1 is 1.25 bits per heavy atom. The summed E-state index contributed by atoms with van der Waals surface area (Å²) >= 11 is 11.2. The predicted octanol–water partition coefficient (Wildman–Crippen LogP) is 3.08. The Kier molecular flexibility index (Phi) is 5.84. The summed E-state index contributed by atoms with van der Waals surface area (Å²) in [7, 11) is 0. The van der Waals surface area contributed by atoms with Crippen molar-refractivity contribution < 1.29 is 14.7 Å². The van der Waals surface area contributed by atoms with Gasteiger partial charge in [0.2, 0.25) is 0 Å². The first-order valence-corrected chi connectivity index (χ1v) is 6.99. The molecule has 0 aliphatic heterocycles. The van der Waals surface area contributed by atoms with Crippen molar-refractivity contribution in [2.75, 3.05) is 6.54 Å². The normalized spacial score (nSPS) is 12.3. The molecule has 0 saturated heterocycles. The molecule has 1 rings (SSSR count). The van der Waals surface area contributed by atoms with E-state index in [4.69, 9.17) is 28.3 Å². The molecular formula is C14H17Cl2NO3. The summed E-state index contributed by atoms with van der Waals surface area (Å²) in [5.41, 5.74) is 2.89. The molecule has 0 saturated carbocycles. The van der Waals surface area contributed by atoms with E-state index in [9.17, 15) is 9.59 Å². The van der Waals surface area contributed by atoms with Crippen LogP contribution in [0.15, 0.2) is 18.2 Å². The van der Waals surface area contributed by atoms with Gasteiger partial charge in [0.1, 0.15) is 6.54 Å². The zero-order valence-corrected chi connectivity index (χ0v) is 13.1. The van der Waals surface area contributed by atoms with Gasteiger partial charge in [0, 0.05) is 0 Å². The van der Waals surface area contributed by atoms with Crippen LogP contribution in [-0.2, 0) is 9.59 Å². The Morgan fingerprint density at radius 3 is 2.15 bits per heavy atom. The molecule has 1 atom stereocenters. The molecular weight excluding hydrogens is 301 g/mol. The fraction of sp³-hybridized carbons (Fsp3) is 0.429. The molecule has 0 bridgehead atoms. The number of hydrogen-bond donors (Lipinski definition) is 1. The standard InChI is InChI=1S/C14H17Cl2NO3/c1-8-5-4-6-9(2)12(8)10(3)17(7-11(18)19)14(20)13(15)16/h4-6,10,13H,7H2,1-3H3,(H,18,19). The van der Waals surface area contributed by atoms with Crippen LogP contribution in [0.5, 0.6) is 0 Å². The average molecular weight is 318 g/mol. The van der Waals surface area contributed by atoms with Gasteiger partial charge in [0.05, 0.1) is 6.04 Å². The van der Waals surface area contributed by atoms with E-state index in [2.05, 4.69) is 0 Å². The first-order chi connectivity index (χ1) is 9.25. The van der Waals surface area contributed by atoms with Gasteiger partial charge in [-0.15, -0.1) is 0 Å². The second kappa shape index (κ2) is 6.95. The third-order valence-electron chi connectivity index (χ3n) is 3.20. The van der Waals surface area contributed by atoms with E-state index < -0.39 is 29.3 Å². The van der Waals surface area contributed by atoms with Crippen LogP contribution in [-0.4, -0.2) is 33.3 Å². The van der Waals surface area contributed by atoms with Crippen LogP contribution in [0.1, 0.15) is 29.7 Å². The van der Waals surface area contributed by atoms with Gasteiger partial charge in [-0.1, -0.05) is 41.4 Å². The molecule has 20 heavy (non-hydrogen) atoms. The van der Waals surface area contributed by atoms with E-state index >= 15 is 0 Å². The largest absolute Gasteiger partial charge is 0.480 e. The molecule has 0 aliphatic rings. The highest BCUT2D eigenvalue weighted by molar-refractivity contribution is 6.53. The van der Waals surface area contributed by atoms with E-state index in [0.29, 0.717) is 0 Å². The van der Waals surface area contributed by atoms with Crippen LogP contribution >= 0.6 is 23.2 Å². The zero-order valence-electron chi connectivity index (χ0n) is 11.6. The van der Waals surface area contributed by atoms with Crippen molar-refractivity contribution in [3.05, 3.63) is 34.9 Å². The maximum atomic E-state index is 12.0. The first-order valence-electron chi connectivity index (χ1n) is 6.12. The number of nitrogens with zero attached hydrogens (tertiary/aromatic N) is 1. The minimum atomic E-state index is -1.28. The molecule has 1 aromatic carbocycles. The van der Waals surface area contributed by atoms with Crippen molar-refractivity contribution in [1.29, 1.82) is 0 Å². The number of carbonyl (C=O) groups is 2. The Labute approximate surface area is 128 Å². The number of aliphatic carboxylic acids is 1. The highest BCUT2D eigenvalue weighted by Crippen LogP contribution is 2.28. The molecule has 1 aromatic rings. The quantitative estimate of drug-likeness (QED) is 0.849. The minimum absolute atomic E-state index is 0.417. The highest BCUT2D eigenvalue weighted by Gasteiger charge is 2.29. The van der Waals surface area contributed by atoms with Gasteiger partial charge < -0.3 is 10.0 Å². The summed E-state index contributed by atoms with van der Waals surface area (Å²) in [5.74, 6) is -1.71. The zero-order chi connectivity index (χ0) is 15.4. The topological polar surface area (TPSA) is 57.6 Å². The molecule has 1 N–H and O–H groups in total. The van der Waals surface area contributed by atoms with Crippen molar-refractivity contribution in [3.8, 4) is 0 Å². The number of rotatable bonds is 5. The second-order valence-electron chi connectivity index (χ2n) is 4.64. The number of benzene rings is 1. The lowest BCUT2D eigenvalue weighted by Crippen LogP contribution is -2.41. The van der Waals surface area contributed by atoms with E-state index in [0.717, 1.165) is 16.7 Å². The Hall–Kier alpha value is -1.26. The molecule has 6 heteroatoms. The third kappa shape index (κ3) is 3.87. The maximum Gasteiger partial charge on any atom is 0.323 e. The van der Waals surface area contributed by atoms with Gasteiger partial charge in [-0.25, -0.2) is 0 Å². The lowest BCUT2D eigenvalue weighted by Gasteiger charge is -2.30. The van der Waals surface area contributed by atoms with Crippen molar-refractivity contribution in [3.63, 3.8) is 0 Å². The number of carboxylic acids is 1. The number of aryl methyl sites for hydroxylation is 2. The minimum Gasteiger partial charge on any atom is -0.480 e. The molecule has 0 fully saturated rings. The number of carbonyl (C=O) groups excluding carboxylic acids is 1. The highest BCUT2D eigenvalue weighted by atomic mass is 35.5. The molecule has 0 aliphatic carbocycles. The van der Waals surface area contributed by atoms with E-state index in [-0.39, 0.29) is 0 Å². The first kappa shape index (κ1) is 16.8. The number of alkyl halides is 2. The monoisotopic (exact) mass is 317 g/mol. The average Bonchev–Trinajstić information content (AvgIpc) is 2.34. The number of halogens is 2. The van der Waals surface area contributed by atoms with Crippen molar-refractivity contribution >= 4 is 35.1 Å². The lowest BCUT2D eigenvalue weighted by atomic mass is 9.96. The fourth-order valence-corrected chi connectivity index (χ4v) is 2.57. The Morgan fingerprint density at radius 2 is 1.75 bits per heavy atom. The SMILES string of the molecule is Cc1cccc(C)c1C(C)N(CC(=O)O)C(=O)C(Cl)Cl. The Bertz CT molecular complexity index is 497. The number of carboxylic acid groups (broad SMARTS) is 1. The van der Waals surface area contributed by atoms with E-state index in [1.807, 2.05) is 32.0 Å². The molecule has 110 valence electrons. The maximum absolute atomic E-state index is 12.0. The van der Waals surface area contributed by atoms with Crippen molar-refractivity contribution in [2.45, 2.75) is 31.6 Å². The van der Waals surface area contributed by atoms with Crippen LogP contribution in [0.3, 0.4) is 0 Å². The summed E-state index contributed by atoms with van der Waals surface area (Å²) in [6.45, 7) is 5.16. The van der Waals surface area contributed by atoms with E-state index in [1.54, 1.807) is 6.92 Å².